The third-order valence-electron chi connectivity index (χ3n) is 6.38. The van der Waals surface area contributed by atoms with Crippen molar-refractivity contribution in [1.82, 2.24) is 14.8 Å². The number of hydrogen-bond donors (Lipinski definition) is 2. The van der Waals surface area contributed by atoms with Crippen LogP contribution in [0, 0.1) is 34.6 Å². The van der Waals surface area contributed by atoms with Crippen molar-refractivity contribution in [2.45, 2.75) is 52.4 Å². The van der Waals surface area contributed by atoms with Crippen molar-refractivity contribution in [2.24, 2.45) is 7.05 Å². The maximum Gasteiger partial charge on any atom is 0.337 e. The van der Waals surface area contributed by atoms with E-state index in [9.17, 15) is 18.3 Å². The van der Waals surface area contributed by atoms with Gasteiger partial charge in [0.05, 0.1) is 21.8 Å². The molecule has 0 aliphatic rings. The Morgan fingerprint density at radius 1 is 1.09 bits per heavy atom. The molecule has 3 rings (SSSR count). The predicted octanol–water partition coefficient (Wildman–Crippen LogP) is 3.93. The standard InChI is InChI=1S/C25H33N5O4S/c1-15-11-17(3)23(12-16(15)2)35(33,34)28-22-13-20(25(31)32)14-26-24(22)29(6)10-8-9-21-18(4)27-30(7)19(21)5/h11-14,28H,8-10H2,1-7H3,(H,31,32). The number of nitrogens with one attached hydrogen (secondary N) is 1. The van der Waals surface area contributed by atoms with Crippen molar-refractivity contribution in [3.8, 4) is 0 Å². The van der Waals surface area contributed by atoms with Crippen molar-refractivity contribution in [1.29, 1.82) is 0 Å². The Bertz CT molecular complexity index is 1380. The summed E-state index contributed by atoms with van der Waals surface area (Å²) in [4.78, 5) is 17.8. The van der Waals surface area contributed by atoms with Crippen LogP contribution in [0.15, 0.2) is 29.3 Å². The summed E-state index contributed by atoms with van der Waals surface area (Å²) in [7, 11) is -0.246. The Hall–Kier alpha value is -3.40. The second-order valence-corrected chi connectivity index (χ2v) is 10.7. The van der Waals surface area contributed by atoms with Gasteiger partial charge >= 0.3 is 5.97 Å². The van der Waals surface area contributed by atoms with Crippen LogP contribution in [0.2, 0.25) is 0 Å². The van der Waals surface area contributed by atoms with Crippen LogP contribution in [0.4, 0.5) is 11.5 Å². The van der Waals surface area contributed by atoms with Crippen LogP contribution in [0.25, 0.3) is 0 Å². The minimum Gasteiger partial charge on any atom is -0.478 e. The Balaban J connectivity index is 1.89. The number of aryl methyl sites for hydroxylation is 5. The highest BCUT2D eigenvalue weighted by Crippen LogP contribution is 2.29. The third kappa shape index (κ3) is 5.64. The fourth-order valence-corrected chi connectivity index (χ4v) is 5.52. The fourth-order valence-electron chi connectivity index (χ4n) is 4.16. The van der Waals surface area contributed by atoms with Crippen LogP contribution in [0.3, 0.4) is 0 Å². The van der Waals surface area contributed by atoms with Crippen LogP contribution in [-0.2, 0) is 23.5 Å². The van der Waals surface area contributed by atoms with Crippen LogP contribution in [-0.4, -0.2) is 47.9 Å². The summed E-state index contributed by atoms with van der Waals surface area (Å²) in [5.74, 6) is -0.822. The first kappa shape index (κ1) is 26.2. The summed E-state index contributed by atoms with van der Waals surface area (Å²) in [5.41, 5.74) is 5.79. The summed E-state index contributed by atoms with van der Waals surface area (Å²) < 4.78 is 31.1. The molecule has 0 aliphatic heterocycles. The molecule has 3 aromatic rings. The summed E-state index contributed by atoms with van der Waals surface area (Å²) in [5, 5.41) is 13.9. The predicted molar refractivity (Wildman–Crippen MR) is 137 cm³/mol. The molecule has 0 fully saturated rings. The first-order valence-corrected chi connectivity index (χ1v) is 12.8. The fraction of sp³-hybridized carbons (Fsp3) is 0.400. The van der Waals surface area contributed by atoms with E-state index in [1.807, 2.05) is 57.4 Å². The Morgan fingerprint density at radius 3 is 2.34 bits per heavy atom. The molecule has 0 atom stereocenters. The molecule has 2 aromatic heterocycles. The van der Waals surface area contributed by atoms with Gasteiger partial charge in [-0.1, -0.05) is 6.07 Å². The average Bonchev–Trinajstić information content (AvgIpc) is 3.01. The largest absolute Gasteiger partial charge is 0.478 e. The molecular weight excluding hydrogens is 466 g/mol. The number of carboxylic acids is 1. The molecule has 0 amide bonds. The number of rotatable bonds is 9. The number of sulfonamides is 1. The van der Waals surface area contributed by atoms with Gasteiger partial charge < -0.3 is 10.0 Å². The molecule has 188 valence electrons. The van der Waals surface area contributed by atoms with Crippen molar-refractivity contribution < 1.29 is 18.3 Å². The molecule has 0 spiro atoms. The summed E-state index contributed by atoms with van der Waals surface area (Å²) in [6.07, 6.45) is 2.84. The van der Waals surface area contributed by atoms with Gasteiger partial charge in [-0.3, -0.25) is 9.40 Å². The zero-order valence-corrected chi connectivity index (χ0v) is 22.1. The number of pyridine rings is 1. The minimum absolute atomic E-state index is 0.0988. The van der Waals surface area contributed by atoms with E-state index in [2.05, 4.69) is 14.8 Å². The highest BCUT2D eigenvalue weighted by Gasteiger charge is 2.22. The van der Waals surface area contributed by atoms with Crippen LogP contribution < -0.4 is 9.62 Å². The lowest BCUT2D eigenvalue weighted by Gasteiger charge is -2.22. The number of aromatic nitrogens is 3. The summed E-state index contributed by atoms with van der Waals surface area (Å²) in [6, 6.07) is 4.76. The second kappa shape index (κ2) is 10.1. The molecule has 0 saturated heterocycles. The zero-order chi connectivity index (χ0) is 26.1. The van der Waals surface area contributed by atoms with E-state index in [-0.39, 0.29) is 16.1 Å². The Kier molecular flexibility index (Phi) is 7.54. The summed E-state index contributed by atoms with van der Waals surface area (Å²) in [6.45, 7) is 10.1. The van der Waals surface area contributed by atoms with Gasteiger partial charge in [0.25, 0.3) is 10.0 Å². The van der Waals surface area contributed by atoms with Crippen molar-refractivity contribution in [3.63, 3.8) is 0 Å². The monoisotopic (exact) mass is 499 g/mol. The molecule has 2 heterocycles. The number of carbonyl (C=O) groups is 1. The second-order valence-electron chi connectivity index (χ2n) is 9.01. The maximum atomic E-state index is 13.3. The number of nitrogens with zero attached hydrogens (tertiary/aromatic N) is 4. The smallest absolute Gasteiger partial charge is 0.337 e. The molecule has 1 aromatic carbocycles. The minimum atomic E-state index is -3.97. The average molecular weight is 500 g/mol. The third-order valence-corrected chi connectivity index (χ3v) is 7.89. The molecule has 0 radical (unpaired) electrons. The molecule has 0 aliphatic carbocycles. The van der Waals surface area contributed by atoms with Crippen molar-refractivity contribution in [3.05, 3.63) is 63.6 Å². The van der Waals surface area contributed by atoms with Gasteiger partial charge in [-0.15, -0.1) is 0 Å². The molecule has 0 unspecified atom stereocenters. The lowest BCUT2D eigenvalue weighted by atomic mass is 10.1. The van der Waals surface area contributed by atoms with Gasteiger partial charge in [-0.05, 0) is 81.8 Å². The Labute approximate surface area is 206 Å². The SMILES string of the molecule is Cc1cc(C)c(S(=O)(=O)Nc2cc(C(=O)O)cnc2N(C)CCCc2c(C)nn(C)c2C)cc1C. The maximum absolute atomic E-state index is 13.3. The van der Waals surface area contributed by atoms with Gasteiger partial charge in [-0.2, -0.15) is 5.10 Å². The topological polar surface area (TPSA) is 117 Å². The molecule has 0 bridgehead atoms. The van der Waals surface area contributed by atoms with Gasteiger partial charge in [0.1, 0.15) is 0 Å². The first-order valence-electron chi connectivity index (χ1n) is 11.4. The number of carboxylic acid groups (broad SMARTS) is 1. The van der Waals surface area contributed by atoms with Crippen LogP contribution >= 0.6 is 0 Å². The lowest BCUT2D eigenvalue weighted by molar-refractivity contribution is 0.0696. The first-order chi connectivity index (χ1) is 16.3. The number of benzene rings is 1. The van der Waals surface area contributed by atoms with Gasteiger partial charge in [0.15, 0.2) is 5.82 Å². The normalized spacial score (nSPS) is 11.5. The van der Waals surface area contributed by atoms with Crippen molar-refractivity contribution >= 4 is 27.5 Å². The van der Waals surface area contributed by atoms with E-state index in [4.69, 9.17) is 0 Å². The Morgan fingerprint density at radius 2 is 1.74 bits per heavy atom. The molecule has 10 heteroatoms. The highest BCUT2D eigenvalue weighted by molar-refractivity contribution is 7.92. The van der Waals surface area contributed by atoms with E-state index in [0.29, 0.717) is 17.9 Å². The number of hydrogen-bond acceptors (Lipinski definition) is 6. The van der Waals surface area contributed by atoms with E-state index in [1.165, 1.54) is 17.8 Å². The highest BCUT2D eigenvalue weighted by atomic mass is 32.2. The van der Waals surface area contributed by atoms with E-state index < -0.39 is 16.0 Å². The molecular formula is C25H33N5O4S. The lowest BCUT2D eigenvalue weighted by Crippen LogP contribution is -2.24. The van der Waals surface area contributed by atoms with Gasteiger partial charge in [-0.25, -0.2) is 18.2 Å². The zero-order valence-electron chi connectivity index (χ0n) is 21.3. The van der Waals surface area contributed by atoms with Crippen LogP contribution in [0.5, 0.6) is 0 Å². The van der Waals surface area contributed by atoms with Gasteiger partial charge in [0, 0.05) is 32.5 Å². The molecule has 35 heavy (non-hydrogen) atoms. The molecule has 2 N–H and O–H groups in total. The number of aromatic carboxylic acids is 1. The number of anilines is 2. The molecule has 9 nitrogen and oxygen atoms in total. The quantitative estimate of drug-likeness (QED) is 0.458. The van der Waals surface area contributed by atoms with Crippen molar-refractivity contribution in [2.75, 3.05) is 23.2 Å². The van der Waals surface area contributed by atoms with Crippen LogP contribution in [0.1, 0.15) is 50.4 Å². The summed E-state index contributed by atoms with van der Waals surface area (Å²) >= 11 is 0. The van der Waals surface area contributed by atoms with E-state index >= 15 is 0 Å². The molecule has 0 saturated carbocycles. The van der Waals surface area contributed by atoms with Gasteiger partial charge in [0.2, 0.25) is 0 Å². The van der Waals surface area contributed by atoms with E-state index in [0.717, 1.165) is 35.4 Å². The van der Waals surface area contributed by atoms with E-state index in [1.54, 1.807) is 13.0 Å².